The Morgan fingerprint density at radius 1 is 0.369 bits per heavy atom. The lowest BCUT2D eigenvalue weighted by Gasteiger charge is -2.28. The number of fused-ring (bicyclic) bond motifs is 10. The van der Waals surface area contributed by atoms with Gasteiger partial charge in [-0.25, -0.2) is 0 Å². The van der Waals surface area contributed by atoms with Crippen LogP contribution >= 0.6 is 47.0 Å². The summed E-state index contributed by atoms with van der Waals surface area (Å²) in [6, 6.07) is 41.9. The average molecular weight is 1200 g/mol. The Kier molecular flexibility index (Phi) is 19.5. The first kappa shape index (κ1) is 62.4. The van der Waals surface area contributed by atoms with Crippen LogP contribution in [0.4, 0.5) is 0 Å². The summed E-state index contributed by atoms with van der Waals surface area (Å²) in [5.74, 6) is 3.51. The van der Waals surface area contributed by atoms with Crippen molar-refractivity contribution >= 4 is 81.0 Å². The molecular weight excluding hydrogens is 1120 g/mol. The fraction of sp³-hybridized carbons (Fsp3) is 0.361. The van der Waals surface area contributed by atoms with E-state index in [4.69, 9.17) is 28.9 Å². The van der Waals surface area contributed by atoms with Crippen LogP contribution in [-0.2, 0) is 21.7 Å². The highest BCUT2D eigenvalue weighted by molar-refractivity contribution is 8.01. The molecule has 0 aliphatic carbocycles. The maximum Gasteiger partial charge on any atom is 0.147 e. The van der Waals surface area contributed by atoms with Crippen molar-refractivity contribution in [2.75, 3.05) is 39.5 Å². The summed E-state index contributed by atoms with van der Waals surface area (Å²) in [7, 11) is 0. The van der Waals surface area contributed by atoms with Crippen LogP contribution in [0.2, 0.25) is 0 Å². The Balaban J connectivity index is 1.26. The molecule has 0 unspecified atom stereocenters. The number of hydrogen-bond acceptors (Lipinski definition) is 12. The van der Waals surface area contributed by atoms with E-state index in [1.807, 2.05) is 60.7 Å². The standard InChI is InChI=1S/C72H82N2O6S4/c1-15-31-77-65-57-35-47(69(3,4)5)36-58(65)82-62-40-50(72(12,13)14)42-64(68(62)80-34-30-74-44-54-52-24-20-18-22-46(52)26-28-56(54)76)84-60-38-48(70(6,7)8)37-59(66(60)78-32-16-2)83-63-41-49(71(9,10)11)39-61(81-57)67(63)79-33-29-73-43-53-51-23-19-17-21-45(51)25-27-55(53)75/h17-28,35-44,75-76H,15-16,29-34H2,1-14H3. The molecule has 0 radical (unpaired) electrons. The molecule has 0 saturated heterocycles. The van der Waals surface area contributed by atoms with E-state index in [1.54, 1.807) is 71.6 Å². The molecule has 1 aliphatic rings. The number of hydrogen-bond donors (Lipinski definition) is 2. The van der Waals surface area contributed by atoms with Crippen LogP contribution in [0.1, 0.15) is 143 Å². The Morgan fingerprint density at radius 3 is 0.893 bits per heavy atom. The third-order valence-corrected chi connectivity index (χ3v) is 18.8. The van der Waals surface area contributed by atoms with E-state index < -0.39 is 0 Å². The topological polar surface area (TPSA) is 102 Å². The summed E-state index contributed by atoms with van der Waals surface area (Å²) in [6.45, 7) is 33.9. The van der Waals surface area contributed by atoms with Gasteiger partial charge in [-0.15, -0.1) is 0 Å². The van der Waals surface area contributed by atoms with Crippen molar-refractivity contribution < 1.29 is 29.2 Å². The number of nitrogens with zero attached hydrogens (tertiary/aromatic N) is 2. The normalized spacial score (nSPS) is 13.3. The quantitative estimate of drug-likeness (QED) is 0.0718. The highest BCUT2D eigenvalue weighted by atomic mass is 32.2. The first-order valence-electron chi connectivity index (χ1n) is 29.3. The maximum atomic E-state index is 11.0. The second kappa shape index (κ2) is 26.2. The summed E-state index contributed by atoms with van der Waals surface area (Å²) in [5.41, 5.74) is 5.14. The van der Waals surface area contributed by atoms with Gasteiger partial charge in [-0.3, -0.25) is 9.98 Å². The van der Waals surface area contributed by atoms with Gasteiger partial charge < -0.3 is 29.2 Å². The molecule has 2 N–H and O–H groups in total. The maximum absolute atomic E-state index is 11.0. The first-order chi connectivity index (χ1) is 39.9. The van der Waals surface area contributed by atoms with Gasteiger partial charge in [-0.1, -0.05) is 205 Å². The number of ether oxygens (including phenoxy) is 4. The van der Waals surface area contributed by atoms with Crippen molar-refractivity contribution in [3.8, 4) is 34.5 Å². The smallest absolute Gasteiger partial charge is 0.147 e. The largest absolute Gasteiger partial charge is 0.507 e. The molecule has 0 spiro atoms. The van der Waals surface area contributed by atoms with Gasteiger partial charge in [-0.05, 0) is 139 Å². The second-order valence-corrected chi connectivity index (χ2v) is 29.9. The van der Waals surface area contributed by atoms with Gasteiger partial charge in [0.05, 0.1) is 65.5 Å². The molecule has 0 aromatic heterocycles. The summed E-state index contributed by atoms with van der Waals surface area (Å²) in [5, 5.41) is 26.0. The van der Waals surface area contributed by atoms with Gasteiger partial charge in [0.15, 0.2) is 0 Å². The van der Waals surface area contributed by atoms with Crippen molar-refractivity contribution in [2.45, 2.75) is 171 Å². The number of aliphatic imine (C=N–C) groups is 2. The van der Waals surface area contributed by atoms with Crippen LogP contribution in [0.3, 0.4) is 0 Å². The van der Waals surface area contributed by atoms with Gasteiger partial charge >= 0.3 is 0 Å². The zero-order valence-electron chi connectivity index (χ0n) is 51.4. The first-order valence-corrected chi connectivity index (χ1v) is 32.6. The van der Waals surface area contributed by atoms with Crippen molar-refractivity contribution in [2.24, 2.45) is 9.98 Å². The lowest BCUT2D eigenvalue weighted by Crippen LogP contribution is -2.14. The molecule has 12 heteroatoms. The molecule has 9 rings (SSSR count). The van der Waals surface area contributed by atoms with Gasteiger partial charge in [0.25, 0.3) is 0 Å². The second-order valence-electron chi connectivity index (χ2n) is 25.5. The summed E-state index contributed by atoms with van der Waals surface area (Å²) < 4.78 is 28.4. The summed E-state index contributed by atoms with van der Waals surface area (Å²) >= 11 is 6.75. The molecule has 8 bridgehead atoms. The van der Waals surface area contributed by atoms with Crippen molar-refractivity contribution in [1.82, 2.24) is 0 Å². The van der Waals surface area contributed by atoms with Crippen LogP contribution in [-0.4, -0.2) is 62.2 Å². The molecule has 1 aliphatic heterocycles. The molecule has 0 atom stereocenters. The number of phenols is 2. The van der Waals surface area contributed by atoms with Crippen LogP contribution in [0.25, 0.3) is 21.5 Å². The van der Waals surface area contributed by atoms with Gasteiger partial charge in [0.1, 0.15) is 47.7 Å². The van der Waals surface area contributed by atoms with Crippen molar-refractivity contribution in [3.05, 3.63) is 155 Å². The molecule has 8 aromatic rings. The lowest BCUT2D eigenvalue weighted by molar-refractivity contribution is 0.301. The molecule has 8 aromatic carbocycles. The minimum Gasteiger partial charge on any atom is -0.507 e. The number of benzene rings is 8. The fourth-order valence-corrected chi connectivity index (χ4v) is 14.4. The van der Waals surface area contributed by atoms with Gasteiger partial charge in [0.2, 0.25) is 0 Å². The van der Waals surface area contributed by atoms with E-state index in [0.717, 1.165) is 96.5 Å². The minimum absolute atomic E-state index is 0.187. The fourth-order valence-electron chi connectivity index (χ4n) is 9.65. The van der Waals surface area contributed by atoms with E-state index in [9.17, 15) is 10.2 Å². The number of rotatable bonds is 16. The lowest BCUT2D eigenvalue weighted by atomic mass is 9.87. The van der Waals surface area contributed by atoms with E-state index in [-0.39, 0.29) is 46.4 Å². The molecule has 1 heterocycles. The predicted molar refractivity (Wildman–Crippen MR) is 356 cm³/mol. The monoisotopic (exact) mass is 1200 g/mol. The number of phenolic OH excluding ortho intramolecular Hbond substituents is 2. The van der Waals surface area contributed by atoms with E-state index >= 15 is 0 Å². The summed E-state index contributed by atoms with van der Waals surface area (Å²) in [4.78, 5) is 17.6. The van der Waals surface area contributed by atoms with Crippen LogP contribution in [0, 0.1) is 0 Å². The molecule has 0 amide bonds. The van der Waals surface area contributed by atoms with Crippen LogP contribution < -0.4 is 18.9 Å². The van der Waals surface area contributed by atoms with Crippen molar-refractivity contribution in [1.29, 1.82) is 0 Å². The summed E-state index contributed by atoms with van der Waals surface area (Å²) in [6.07, 6.45) is 5.19. The molecule has 0 saturated carbocycles. The third-order valence-electron chi connectivity index (χ3n) is 14.6. The van der Waals surface area contributed by atoms with E-state index in [0.29, 0.717) is 37.4 Å². The molecule has 8 nitrogen and oxygen atoms in total. The third kappa shape index (κ3) is 14.7. The highest BCUT2D eigenvalue weighted by Crippen LogP contribution is 2.56. The predicted octanol–water partition coefficient (Wildman–Crippen LogP) is 20.1. The van der Waals surface area contributed by atoms with Gasteiger partial charge in [0, 0.05) is 23.6 Å². The minimum atomic E-state index is -0.231. The Bertz CT molecular complexity index is 3410. The van der Waals surface area contributed by atoms with E-state index in [2.05, 4.69) is 145 Å². The van der Waals surface area contributed by atoms with Gasteiger partial charge in [-0.2, -0.15) is 0 Å². The Hall–Kier alpha value is -6.18. The Labute approximate surface area is 516 Å². The molecular formula is C72H82N2O6S4. The van der Waals surface area contributed by atoms with Crippen LogP contribution in [0.15, 0.2) is 170 Å². The molecule has 84 heavy (non-hydrogen) atoms. The average Bonchev–Trinajstić information content (AvgIpc) is 2.03. The zero-order chi connectivity index (χ0) is 60.1. The Morgan fingerprint density at radius 2 is 0.631 bits per heavy atom. The SMILES string of the molecule is CCCOc1c2cc(C(C)(C)C)cc1Sc1cc(C(C)(C)C)cc(c1OCCN=Cc1c(O)ccc3ccccc13)Sc1cc(C(C)(C)C)cc(c1OCCC)Sc1cc(C(C)(C)C)cc(c1OCCN=Cc1c(O)ccc3ccccc13)S2. The van der Waals surface area contributed by atoms with Crippen molar-refractivity contribution in [3.63, 3.8) is 0 Å². The zero-order valence-corrected chi connectivity index (χ0v) is 54.7. The molecule has 440 valence electrons. The molecule has 0 fully saturated rings. The van der Waals surface area contributed by atoms with E-state index in [1.165, 1.54) is 22.3 Å². The van der Waals surface area contributed by atoms with Crippen LogP contribution in [0.5, 0.6) is 34.5 Å². The number of aromatic hydroxyl groups is 2. The highest BCUT2D eigenvalue weighted by Gasteiger charge is 2.31.